The summed E-state index contributed by atoms with van der Waals surface area (Å²) in [4.78, 5) is 12.6. The van der Waals surface area contributed by atoms with Gasteiger partial charge in [-0.1, -0.05) is 23.2 Å². The number of halogens is 1. The van der Waals surface area contributed by atoms with Gasteiger partial charge < -0.3 is 5.32 Å². The molecule has 1 saturated heterocycles. The quantitative estimate of drug-likeness (QED) is 0.828. The topological polar surface area (TPSA) is 49.4 Å². The predicted molar refractivity (Wildman–Crippen MR) is 92.5 cm³/mol. The van der Waals surface area contributed by atoms with Crippen molar-refractivity contribution in [3.05, 3.63) is 40.9 Å². The molecule has 124 valence electrons. The van der Waals surface area contributed by atoms with E-state index in [0.29, 0.717) is 24.0 Å². The zero-order chi connectivity index (χ0) is 16.2. The molecule has 23 heavy (non-hydrogen) atoms. The van der Waals surface area contributed by atoms with Crippen molar-refractivity contribution in [1.29, 1.82) is 0 Å². The second kappa shape index (κ2) is 7.60. The van der Waals surface area contributed by atoms with Crippen LogP contribution in [0.15, 0.2) is 40.8 Å². The third-order valence-electron chi connectivity index (χ3n) is 4.19. The molecule has 0 radical (unpaired) electrons. The number of hydrogen-bond acceptors (Lipinski definition) is 2. The molecule has 2 fully saturated rings. The fourth-order valence-electron chi connectivity index (χ4n) is 2.61. The Bertz CT molecular complexity index is 633. The van der Waals surface area contributed by atoms with Gasteiger partial charge in [-0.2, -0.15) is 0 Å². The molecule has 1 saturated carbocycles. The van der Waals surface area contributed by atoms with Gasteiger partial charge in [0.05, 0.1) is 4.90 Å². The molecule has 1 heterocycles. The van der Waals surface area contributed by atoms with Crippen LogP contribution in [0, 0.1) is 5.92 Å². The number of hydrogen-bond donors (Lipinski definition) is 1. The SMILES string of the molecule is O=C(C=C1CCN(S(=O)c2cccc(Cl)c2)CC1)NCC1CC1. The normalized spacial score (nSPS) is 20.1. The Kier molecular flexibility index (Phi) is 5.51. The molecule has 1 aliphatic heterocycles. The highest BCUT2D eigenvalue weighted by Crippen LogP contribution is 2.27. The monoisotopic (exact) mass is 352 g/mol. The van der Waals surface area contributed by atoms with Gasteiger partial charge >= 0.3 is 0 Å². The third-order valence-corrected chi connectivity index (χ3v) is 5.92. The number of carbonyl (C=O) groups excluding carboxylic acids is 1. The Morgan fingerprint density at radius 2 is 2.09 bits per heavy atom. The maximum absolute atomic E-state index is 12.5. The highest BCUT2D eigenvalue weighted by atomic mass is 35.5. The maximum Gasteiger partial charge on any atom is 0.243 e. The van der Waals surface area contributed by atoms with Gasteiger partial charge in [0.15, 0.2) is 0 Å². The highest BCUT2D eigenvalue weighted by molar-refractivity contribution is 7.82. The van der Waals surface area contributed by atoms with Crippen molar-refractivity contribution in [3.63, 3.8) is 0 Å². The van der Waals surface area contributed by atoms with E-state index in [1.807, 2.05) is 16.4 Å². The molecule has 4 nitrogen and oxygen atoms in total. The Morgan fingerprint density at radius 1 is 1.35 bits per heavy atom. The molecule has 1 unspecified atom stereocenters. The van der Waals surface area contributed by atoms with Crippen LogP contribution in [0.1, 0.15) is 25.7 Å². The minimum atomic E-state index is -1.19. The Balaban J connectivity index is 1.51. The molecule has 2 aliphatic rings. The molecule has 1 N–H and O–H groups in total. The van der Waals surface area contributed by atoms with Gasteiger partial charge in [0, 0.05) is 30.7 Å². The van der Waals surface area contributed by atoms with Gasteiger partial charge in [0.2, 0.25) is 5.91 Å². The molecular formula is C17H21ClN2O2S. The fraction of sp³-hybridized carbons (Fsp3) is 0.471. The van der Waals surface area contributed by atoms with E-state index in [4.69, 9.17) is 11.6 Å². The van der Waals surface area contributed by atoms with E-state index >= 15 is 0 Å². The lowest BCUT2D eigenvalue weighted by Crippen LogP contribution is -2.33. The van der Waals surface area contributed by atoms with Gasteiger partial charge in [-0.3, -0.25) is 4.79 Å². The first-order chi connectivity index (χ1) is 11.1. The van der Waals surface area contributed by atoms with Crippen LogP contribution < -0.4 is 5.32 Å². The minimum absolute atomic E-state index is 0.0105. The second-order valence-electron chi connectivity index (χ2n) is 6.13. The van der Waals surface area contributed by atoms with E-state index in [0.717, 1.165) is 29.9 Å². The van der Waals surface area contributed by atoms with Crippen LogP contribution in [0.3, 0.4) is 0 Å². The number of nitrogens with zero attached hydrogens (tertiary/aromatic N) is 1. The van der Waals surface area contributed by atoms with Gasteiger partial charge in [-0.25, -0.2) is 8.51 Å². The predicted octanol–water partition coefficient (Wildman–Crippen LogP) is 2.91. The molecule has 1 aliphatic carbocycles. The number of piperidine rings is 1. The fourth-order valence-corrected chi connectivity index (χ4v) is 4.10. The summed E-state index contributed by atoms with van der Waals surface area (Å²) in [6.07, 6.45) is 5.76. The summed E-state index contributed by atoms with van der Waals surface area (Å²) in [7, 11) is -1.19. The van der Waals surface area contributed by atoms with Crippen molar-refractivity contribution in [3.8, 4) is 0 Å². The summed E-state index contributed by atoms with van der Waals surface area (Å²) in [5.41, 5.74) is 1.14. The Labute approximate surface area is 144 Å². The molecule has 0 spiro atoms. The smallest absolute Gasteiger partial charge is 0.243 e. The lowest BCUT2D eigenvalue weighted by molar-refractivity contribution is -0.116. The van der Waals surface area contributed by atoms with E-state index in [1.54, 1.807) is 18.2 Å². The number of benzene rings is 1. The lowest BCUT2D eigenvalue weighted by atomic mass is 10.1. The molecule has 3 rings (SSSR count). The molecular weight excluding hydrogens is 332 g/mol. The third kappa shape index (κ3) is 4.90. The number of amides is 1. The molecule has 0 bridgehead atoms. The first-order valence-corrected chi connectivity index (χ1v) is 9.50. The highest BCUT2D eigenvalue weighted by Gasteiger charge is 2.23. The Morgan fingerprint density at radius 3 is 2.74 bits per heavy atom. The van der Waals surface area contributed by atoms with Crippen molar-refractivity contribution in [1.82, 2.24) is 9.62 Å². The number of nitrogens with one attached hydrogen (secondary N) is 1. The first kappa shape index (κ1) is 16.7. The van der Waals surface area contributed by atoms with E-state index < -0.39 is 11.0 Å². The van der Waals surface area contributed by atoms with E-state index in [1.165, 1.54) is 12.8 Å². The number of rotatable bonds is 5. The van der Waals surface area contributed by atoms with E-state index in [9.17, 15) is 9.00 Å². The standard InChI is InChI=1S/C17H21ClN2O2S/c18-15-2-1-3-16(11-15)23(22)20-8-6-13(7-9-20)10-17(21)19-12-14-4-5-14/h1-3,10-11,14H,4-9,12H2,(H,19,21). The number of carbonyl (C=O) groups is 1. The summed E-state index contributed by atoms with van der Waals surface area (Å²) in [5, 5.41) is 3.55. The van der Waals surface area contributed by atoms with Crippen LogP contribution in [0.2, 0.25) is 5.02 Å². The zero-order valence-corrected chi connectivity index (χ0v) is 14.5. The summed E-state index contributed by atoms with van der Waals surface area (Å²) in [6.45, 7) is 2.19. The van der Waals surface area contributed by atoms with Crippen molar-refractivity contribution in [2.24, 2.45) is 5.92 Å². The molecule has 1 aromatic carbocycles. The van der Waals surface area contributed by atoms with Crippen LogP contribution in [-0.2, 0) is 15.8 Å². The first-order valence-electron chi connectivity index (χ1n) is 8.01. The van der Waals surface area contributed by atoms with E-state index in [2.05, 4.69) is 5.32 Å². The van der Waals surface area contributed by atoms with Gasteiger partial charge in [0.25, 0.3) is 0 Å². The van der Waals surface area contributed by atoms with E-state index in [-0.39, 0.29) is 5.91 Å². The molecule has 0 aromatic heterocycles. The maximum atomic E-state index is 12.5. The summed E-state index contributed by atoms with van der Waals surface area (Å²) in [5.74, 6) is 0.704. The largest absolute Gasteiger partial charge is 0.352 e. The van der Waals surface area contributed by atoms with Crippen LogP contribution in [-0.4, -0.2) is 34.1 Å². The molecule has 1 atom stereocenters. The second-order valence-corrected chi connectivity index (χ2v) is 8.05. The van der Waals surface area contributed by atoms with Crippen molar-refractivity contribution in [2.75, 3.05) is 19.6 Å². The van der Waals surface area contributed by atoms with Crippen molar-refractivity contribution >= 4 is 28.5 Å². The van der Waals surface area contributed by atoms with Crippen molar-refractivity contribution in [2.45, 2.75) is 30.6 Å². The van der Waals surface area contributed by atoms with Crippen LogP contribution >= 0.6 is 11.6 Å². The molecule has 1 aromatic rings. The summed E-state index contributed by atoms with van der Waals surface area (Å²) in [6, 6.07) is 7.17. The van der Waals surface area contributed by atoms with Gasteiger partial charge in [-0.05, 0) is 49.8 Å². The van der Waals surface area contributed by atoms with Gasteiger partial charge in [0.1, 0.15) is 11.0 Å². The summed E-state index contributed by atoms with van der Waals surface area (Å²) >= 11 is 5.96. The van der Waals surface area contributed by atoms with Crippen LogP contribution in [0.4, 0.5) is 0 Å². The average Bonchev–Trinajstić information content (AvgIpc) is 3.37. The molecule has 1 amide bonds. The summed E-state index contributed by atoms with van der Waals surface area (Å²) < 4.78 is 14.5. The van der Waals surface area contributed by atoms with Crippen LogP contribution in [0.5, 0.6) is 0 Å². The Hall–Kier alpha value is -1.17. The lowest BCUT2D eigenvalue weighted by Gasteiger charge is -2.27. The van der Waals surface area contributed by atoms with Crippen LogP contribution in [0.25, 0.3) is 0 Å². The zero-order valence-electron chi connectivity index (χ0n) is 13.0. The minimum Gasteiger partial charge on any atom is -0.352 e. The molecule has 6 heteroatoms. The average molecular weight is 353 g/mol. The van der Waals surface area contributed by atoms with Crippen molar-refractivity contribution < 1.29 is 9.00 Å². The van der Waals surface area contributed by atoms with Gasteiger partial charge in [-0.15, -0.1) is 0 Å².